The standard InChI is InChI=1S/C23H34N2O5/c1-3-5-6-7-8-16-29-19-11-9-18(10-12-19)23(28)25-14-13-24-22(27)20(25)17-21(26)30-15-4-2/h9-12,20H,3-8,13-17H2,1-2H3,(H,24,27). The van der Waals surface area contributed by atoms with E-state index in [1.165, 1.54) is 24.2 Å². The number of esters is 1. The van der Waals surface area contributed by atoms with Crippen molar-refractivity contribution in [3.8, 4) is 5.75 Å². The van der Waals surface area contributed by atoms with Crippen molar-refractivity contribution in [2.75, 3.05) is 26.3 Å². The summed E-state index contributed by atoms with van der Waals surface area (Å²) in [5.74, 6) is -0.354. The molecule has 7 nitrogen and oxygen atoms in total. The molecule has 0 aromatic heterocycles. The van der Waals surface area contributed by atoms with Crippen molar-refractivity contribution in [1.82, 2.24) is 10.2 Å². The van der Waals surface area contributed by atoms with Gasteiger partial charge < -0.3 is 19.7 Å². The van der Waals surface area contributed by atoms with Crippen LogP contribution in [0.5, 0.6) is 5.75 Å². The number of nitrogens with one attached hydrogen (secondary N) is 1. The predicted octanol–water partition coefficient (Wildman–Crippen LogP) is 3.32. The molecule has 1 atom stereocenters. The molecule has 1 saturated heterocycles. The highest BCUT2D eigenvalue weighted by Gasteiger charge is 2.35. The Labute approximate surface area is 179 Å². The van der Waals surface area contributed by atoms with Crippen molar-refractivity contribution in [2.45, 2.75) is 64.8 Å². The summed E-state index contributed by atoms with van der Waals surface area (Å²) in [5.41, 5.74) is 0.465. The number of hydrogen-bond acceptors (Lipinski definition) is 5. The lowest BCUT2D eigenvalue weighted by atomic mass is 10.1. The number of ether oxygens (including phenoxy) is 2. The molecule has 1 aliphatic rings. The van der Waals surface area contributed by atoms with Crippen LogP contribution in [0.2, 0.25) is 0 Å². The molecule has 1 heterocycles. The summed E-state index contributed by atoms with van der Waals surface area (Å²) in [7, 11) is 0. The van der Waals surface area contributed by atoms with Crippen molar-refractivity contribution < 1.29 is 23.9 Å². The SMILES string of the molecule is CCCCCCCOc1ccc(C(=O)N2CCNC(=O)C2CC(=O)OCCC)cc1. The summed E-state index contributed by atoms with van der Waals surface area (Å²) < 4.78 is 10.8. The largest absolute Gasteiger partial charge is 0.494 e. The molecule has 30 heavy (non-hydrogen) atoms. The van der Waals surface area contributed by atoms with E-state index < -0.39 is 12.0 Å². The van der Waals surface area contributed by atoms with Crippen LogP contribution in [0.25, 0.3) is 0 Å². The van der Waals surface area contributed by atoms with Crippen LogP contribution in [0.15, 0.2) is 24.3 Å². The van der Waals surface area contributed by atoms with Gasteiger partial charge >= 0.3 is 5.97 Å². The number of piperazine rings is 1. The normalized spacial score (nSPS) is 16.1. The molecule has 0 spiro atoms. The van der Waals surface area contributed by atoms with E-state index in [1.807, 2.05) is 6.92 Å². The lowest BCUT2D eigenvalue weighted by molar-refractivity contribution is -0.147. The fraction of sp³-hybridized carbons (Fsp3) is 0.609. The molecular weight excluding hydrogens is 384 g/mol. The van der Waals surface area contributed by atoms with E-state index in [-0.39, 0.29) is 18.2 Å². The zero-order chi connectivity index (χ0) is 21.8. The molecule has 1 unspecified atom stereocenters. The van der Waals surface area contributed by atoms with Gasteiger partial charge in [0.2, 0.25) is 5.91 Å². The monoisotopic (exact) mass is 418 g/mol. The number of carbonyl (C=O) groups excluding carboxylic acids is 3. The number of benzene rings is 1. The van der Waals surface area contributed by atoms with E-state index in [9.17, 15) is 14.4 Å². The van der Waals surface area contributed by atoms with Crippen molar-refractivity contribution >= 4 is 17.8 Å². The smallest absolute Gasteiger partial charge is 0.308 e. The predicted molar refractivity (Wildman–Crippen MR) is 114 cm³/mol. The Morgan fingerprint density at radius 2 is 1.77 bits per heavy atom. The number of rotatable bonds is 12. The lowest BCUT2D eigenvalue weighted by Gasteiger charge is -2.34. The second-order valence-electron chi connectivity index (χ2n) is 7.52. The van der Waals surface area contributed by atoms with Crippen LogP contribution in [-0.4, -0.2) is 55.0 Å². The Morgan fingerprint density at radius 1 is 1.03 bits per heavy atom. The fourth-order valence-electron chi connectivity index (χ4n) is 3.35. The maximum atomic E-state index is 13.0. The summed E-state index contributed by atoms with van der Waals surface area (Å²) >= 11 is 0. The Hall–Kier alpha value is -2.57. The zero-order valence-corrected chi connectivity index (χ0v) is 18.2. The van der Waals surface area contributed by atoms with E-state index in [1.54, 1.807) is 24.3 Å². The molecule has 166 valence electrons. The summed E-state index contributed by atoms with van der Waals surface area (Å²) in [6.45, 7) is 5.77. The third-order valence-corrected chi connectivity index (χ3v) is 5.04. The Morgan fingerprint density at radius 3 is 2.47 bits per heavy atom. The van der Waals surface area contributed by atoms with Crippen LogP contribution in [-0.2, 0) is 14.3 Å². The van der Waals surface area contributed by atoms with Gasteiger partial charge in [0.25, 0.3) is 5.91 Å². The maximum absolute atomic E-state index is 13.0. The Bertz CT molecular complexity index is 689. The number of nitrogens with zero attached hydrogens (tertiary/aromatic N) is 1. The highest BCUT2D eigenvalue weighted by Crippen LogP contribution is 2.18. The second kappa shape index (κ2) is 12.9. The molecule has 2 amide bonds. The average Bonchev–Trinajstić information content (AvgIpc) is 2.76. The highest BCUT2D eigenvalue weighted by atomic mass is 16.5. The minimum Gasteiger partial charge on any atom is -0.494 e. The molecule has 1 fully saturated rings. The molecule has 1 aromatic carbocycles. The Balaban J connectivity index is 1.92. The molecule has 7 heteroatoms. The van der Waals surface area contributed by atoms with Crippen molar-refractivity contribution in [3.63, 3.8) is 0 Å². The van der Waals surface area contributed by atoms with Gasteiger partial charge in [-0.2, -0.15) is 0 Å². The molecule has 0 aliphatic carbocycles. The topological polar surface area (TPSA) is 84.9 Å². The molecular formula is C23H34N2O5. The van der Waals surface area contributed by atoms with Gasteiger partial charge in [-0.3, -0.25) is 14.4 Å². The number of hydrogen-bond donors (Lipinski definition) is 1. The van der Waals surface area contributed by atoms with Gasteiger partial charge in [0.05, 0.1) is 19.6 Å². The minimum absolute atomic E-state index is 0.142. The quantitative estimate of drug-likeness (QED) is 0.416. The van der Waals surface area contributed by atoms with Gasteiger partial charge in [-0.25, -0.2) is 0 Å². The molecule has 1 N–H and O–H groups in total. The van der Waals surface area contributed by atoms with E-state index in [0.29, 0.717) is 38.3 Å². The summed E-state index contributed by atoms with van der Waals surface area (Å²) in [5, 5.41) is 2.72. The number of unbranched alkanes of at least 4 members (excludes halogenated alkanes) is 4. The number of amides is 2. The second-order valence-corrected chi connectivity index (χ2v) is 7.52. The van der Waals surface area contributed by atoms with Gasteiger partial charge in [-0.05, 0) is 37.1 Å². The maximum Gasteiger partial charge on any atom is 0.308 e. The van der Waals surface area contributed by atoms with Gasteiger partial charge in [-0.1, -0.05) is 39.5 Å². The van der Waals surface area contributed by atoms with Crippen LogP contribution in [0.1, 0.15) is 69.2 Å². The van der Waals surface area contributed by atoms with E-state index in [4.69, 9.17) is 9.47 Å². The third kappa shape index (κ3) is 7.35. The van der Waals surface area contributed by atoms with Crippen LogP contribution in [0.4, 0.5) is 0 Å². The minimum atomic E-state index is -0.852. The first kappa shape index (κ1) is 23.7. The molecule has 1 aromatic rings. The molecule has 1 aliphatic heterocycles. The first-order chi connectivity index (χ1) is 14.6. The Kier molecular flexibility index (Phi) is 10.2. The highest BCUT2D eigenvalue weighted by molar-refractivity contribution is 5.99. The third-order valence-electron chi connectivity index (χ3n) is 5.04. The lowest BCUT2D eigenvalue weighted by Crippen LogP contribution is -2.57. The van der Waals surface area contributed by atoms with Crippen molar-refractivity contribution in [2.24, 2.45) is 0 Å². The summed E-state index contributed by atoms with van der Waals surface area (Å²) in [6.07, 6.45) is 6.43. The summed E-state index contributed by atoms with van der Waals surface area (Å²) in [4.78, 5) is 38.7. The van der Waals surface area contributed by atoms with E-state index >= 15 is 0 Å². The molecule has 2 rings (SSSR count). The number of carbonyl (C=O) groups is 3. The molecule has 0 radical (unpaired) electrons. The summed E-state index contributed by atoms with van der Waals surface area (Å²) in [6, 6.07) is 6.10. The first-order valence-electron chi connectivity index (χ1n) is 11.0. The van der Waals surface area contributed by atoms with Crippen LogP contribution >= 0.6 is 0 Å². The van der Waals surface area contributed by atoms with Crippen LogP contribution < -0.4 is 10.1 Å². The van der Waals surface area contributed by atoms with E-state index in [2.05, 4.69) is 12.2 Å². The molecule has 0 saturated carbocycles. The van der Waals surface area contributed by atoms with Gasteiger partial charge in [0, 0.05) is 18.7 Å². The average molecular weight is 419 g/mol. The fourth-order valence-corrected chi connectivity index (χ4v) is 3.35. The first-order valence-corrected chi connectivity index (χ1v) is 11.0. The molecule has 0 bridgehead atoms. The van der Waals surface area contributed by atoms with Gasteiger partial charge in [-0.15, -0.1) is 0 Å². The van der Waals surface area contributed by atoms with Crippen molar-refractivity contribution in [1.29, 1.82) is 0 Å². The van der Waals surface area contributed by atoms with Gasteiger partial charge in [0.1, 0.15) is 11.8 Å². The van der Waals surface area contributed by atoms with E-state index in [0.717, 1.165) is 18.6 Å². The van der Waals surface area contributed by atoms with Crippen molar-refractivity contribution in [3.05, 3.63) is 29.8 Å². The zero-order valence-electron chi connectivity index (χ0n) is 18.2. The van der Waals surface area contributed by atoms with Gasteiger partial charge in [0.15, 0.2) is 0 Å². The van der Waals surface area contributed by atoms with Crippen LogP contribution in [0.3, 0.4) is 0 Å². The van der Waals surface area contributed by atoms with Crippen LogP contribution in [0, 0.1) is 0 Å².